The summed E-state index contributed by atoms with van der Waals surface area (Å²) in [7, 11) is 0. The standard InChI is InChI=1S/C15H14ClNO2/c1-2-17(13-4-3-5-14(18)10-13)15(19)11-6-8-12(16)9-7-11/h3-10,18H,2H2,1H3. The molecule has 1 N–H and O–H groups in total. The van der Waals surface area contributed by atoms with Gasteiger partial charge < -0.3 is 10.0 Å². The summed E-state index contributed by atoms with van der Waals surface area (Å²) in [5.74, 6) is 0.0182. The second kappa shape index (κ2) is 5.76. The lowest BCUT2D eigenvalue weighted by atomic mass is 10.1. The molecule has 0 aliphatic carbocycles. The molecule has 0 saturated carbocycles. The van der Waals surface area contributed by atoms with Crippen molar-refractivity contribution in [3.8, 4) is 5.75 Å². The Morgan fingerprint density at radius 3 is 2.47 bits per heavy atom. The Hall–Kier alpha value is -2.00. The van der Waals surface area contributed by atoms with Gasteiger partial charge in [-0.05, 0) is 43.3 Å². The van der Waals surface area contributed by atoms with E-state index in [1.165, 1.54) is 0 Å². The van der Waals surface area contributed by atoms with Gasteiger partial charge in [0.15, 0.2) is 0 Å². The van der Waals surface area contributed by atoms with Crippen molar-refractivity contribution in [1.82, 2.24) is 0 Å². The lowest BCUT2D eigenvalue weighted by molar-refractivity contribution is 0.0988. The third-order valence-corrected chi connectivity index (χ3v) is 3.05. The summed E-state index contributed by atoms with van der Waals surface area (Å²) in [5, 5.41) is 10.1. The SMILES string of the molecule is CCN(C(=O)c1ccc(Cl)cc1)c1cccc(O)c1. The minimum atomic E-state index is -0.121. The molecule has 0 radical (unpaired) electrons. The van der Waals surface area contributed by atoms with Crippen LogP contribution in [0.3, 0.4) is 0 Å². The number of halogens is 1. The first-order valence-electron chi connectivity index (χ1n) is 5.98. The van der Waals surface area contributed by atoms with Crippen LogP contribution in [0.2, 0.25) is 5.02 Å². The molecule has 0 fully saturated rings. The van der Waals surface area contributed by atoms with Crippen molar-refractivity contribution >= 4 is 23.2 Å². The maximum atomic E-state index is 12.4. The summed E-state index contributed by atoms with van der Waals surface area (Å²) in [4.78, 5) is 14.0. The van der Waals surface area contributed by atoms with E-state index in [2.05, 4.69) is 0 Å². The summed E-state index contributed by atoms with van der Waals surface area (Å²) in [6.07, 6.45) is 0. The molecule has 0 atom stereocenters. The number of amides is 1. The van der Waals surface area contributed by atoms with Crippen LogP contribution in [0.4, 0.5) is 5.69 Å². The number of anilines is 1. The maximum Gasteiger partial charge on any atom is 0.258 e. The minimum Gasteiger partial charge on any atom is -0.508 e. The van der Waals surface area contributed by atoms with Gasteiger partial charge in [0.05, 0.1) is 0 Å². The predicted octanol–water partition coefficient (Wildman–Crippen LogP) is 3.71. The highest BCUT2D eigenvalue weighted by atomic mass is 35.5. The molecule has 0 aliphatic heterocycles. The number of carbonyl (C=O) groups excluding carboxylic acids is 1. The number of nitrogens with zero attached hydrogens (tertiary/aromatic N) is 1. The predicted molar refractivity (Wildman–Crippen MR) is 76.9 cm³/mol. The third-order valence-electron chi connectivity index (χ3n) is 2.79. The van der Waals surface area contributed by atoms with Gasteiger partial charge in [-0.25, -0.2) is 0 Å². The van der Waals surface area contributed by atoms with Crippen molar-refractivity contribution in [3.63, 3.8) is 0 Å². The Bertz CT molecular complexity index is 581. The van der Waals surface area contributed by atoms with Gasteiger partial charge in [0, 0.05) is 28.9 Å². The Balaban J connectivity index is 2.31. The van der Waals surface area contributed by atoms with Gasteiger partial charge in [-0.2, -0.15) is 0 Å². The zero-order valence-corrected chi connectivity index (χ0v) is 11.3. The monoisotopic (exact) mass is 275 g/mol. The Morgan fingerprint density at radius 1 is 1.21 bits per heavy atom. The van der Waals surface area contributed by atoms with Crippen molar-refractivity contribution in [3.05, 3.63) is 59.1 Å². The van der Waals surface area contributed by atoms with Gasteiger partial charge in [-0.1, -0.05) is 17.7 Å². The van der Waals surface area contributed by atoms with Crippen LogP contribution >= 0.6 is 11.6 Å². The minimum absolute atomic E-state index is 0.121. The quantitative estimate of drug-likeness (QED) is 0.928. The molecule has 0 aromatic heterocycles. The summed E-state index contributed by atoms with van der Waals surface area (Å²) in [6, 6.07) is 13.4. The Morgan fingerprint density at radius 2 is 1.89 bits per heavy atom. The van der Waals surface area contributed by atoms with E-state index in [0.29, 0.717) is 22.8 Å². The molecule has 2 aromatic rings. The summed E-state index contributed by atoms with van der Waals surface area (Å²) >= 11 is 5.81. The number of rotatable bonds is 3. The van der Waals surface area contributed by atoms with Crippen molar-refractivity contribution in [2.45, 2.75) is 6.92 Å². The van der Waals surface area contributed by atoms with Crippen LogP contribution in [0.1, 0.15) is 17.3 Å². The van der Waals surface area contributed by atoms with Crippen LogP contribution in [0.5, 0.6) is 5.75 Å². The largest absolute Gasteiger partial charge is 0.508 e. The molecule has 98 valence electrons. The van der Waals surface area contributed by atoms with Crippen LogP contribution in [0.15, 0.2) is 48.5 Å². The molecule has 0 spiro atoms. The van der Waals surface area contributed by atoms with Crippen LogP contribution < -0.4 is 4.90 Å². The fraction of sp³-hybridized carbons (Fsp3) is 0.133. The molecule has 0 heterocycles. The van der Waals surface area contributed by atoms with Crippen molar-refractivity contribution in [2.24, 2.45) is 0 Å². The van der Waals surface area contributed by atoms with Crippen LogP contribution in [-0.4, -0.2) is 17.6 Å². The van der Waals surface area contributed by atoms with Gasteiger partial charge >= 0.3 is 0 Å². The number of benzene rings is 2. The first-order valence-corrected chi connectivity index (χ1v) is 6.36. The third kappa shape index (κ3) is 3.06. The van der Waals surface area contributed by atoms with Crippen molar-refractivity contribution in [1.29, 1.82) is 0 Å². The number of hydrogen-bond donors (Lipinski definition) is 1. The number of hydrogen-bond acceptors (Lipinski definition) is 2. The van der Waals surface area contributed by atoms with E-state index in [4.69, 9.17) is 11.6 Å². The normalized spacial score (nSPS) is 10.2. The van der Waals surface area contributed by atoms with Gasteiger partial charge in [-0.3, -0.25) is 4.79 Å². The fourth-order valence-electron chi connectivity index (χ4n) is 1.85. The molecule has 3 nitrogen and oxygen atoms in total. The topological polar surface area (TPSA) is 40.5 Å². The van der Waals surface area contributed by atoms with E-state index < -0.39 is 0 Å². The highest BCUT2D eigenvalue weighted by Crippen LogP contribution is 2.22. The number of phenolic OH excluding ortho intramolecular Hbond substituents is 1. The second-order valence-corrected chi connectivity index (χ2v) is 4.51. The summed E-state index contributed by atoms with van der Waals surface area (Å²) in [5.41, 5.74) is 1.23. The van der Waals surface area contributed by atoms with Gasteiger partial charge in [0.2, 0.25) is 0 Å². The Kier molecular flexibility index (Phi) is 4.07. The Labute approximate surface area is 117 Å². The second-order valence-electron chi connectivity index (χ2n) is 4.08. The van der Waals surface area contributed by atoms with Crippen molar-refractivity contribution in [2.75, 3.05) is 11.4 Å². The zero-order valence-electron chi connectivity index (χ0n) is 10.5. The number of aromatic hydroxyl groups is 1. The van der Waals surface area contributed by atoms with Crippen LogP contribution in [0, 0.1) is 0 Å². The average Bonchev–Trinajstić information content (AvgIpc) is 2.40. The smallest absolute Gasteiger partial charge is 0.258 e. The molecule has 4 heteroatoms. The van der Waals surface area contributed by atoms with Crippen LogP contribution in [-0.2, 0) is 0 Å². The van der Waals surface area contributed by atoms with E-state index in [1.807, 2.05) is 6.92 Å². The van der Waals surface area contributed by atoms with Crippen molar-refractivity contribution < 1.29 is 9.90 Å². The first kappa shape index (κ1) is 13.4. The molecule has 19 heavy (non-hydrogen) atoms. The molecule has 0 aliphatic rings. The van der Waals surface area contributed by atoms with E-state index in [0.717, 1.165) is 0 Å². The molecule has 0 saturated heterocycles. The number of phenols is 1. The molecular formula is C15H14ClNO2. The molecule has 2 rings (SSSR count). The van der Waals surface area contributed by atoms with E-state index in [1.54, 1.807) is 53.4 Å². The van der Waals surface area contributed by atoms with Gasteiger partial charge in [0.25, 0.3) is 5.91 Å². The molecule has 0 unspecified atom stereocenters. The number of carbonyl (C=O) groups is 1. The molecular weight excluding hydrogens is 262 g/mol. The first-order chi connectivity index (χ1) is 9.11. The zero-order chi connectivity index (χ0) is 13.8. The molecule has 1 amide bonds. The highest BCUT2D eigenvalue weighted by Gasteiger charge is 2.16. The molecule has 0 bridgehead atoms. The fourth-order valence-corrected chi connectivity index (χ4v) is 1.98. The van der Waals surface area contributed by atoms with Crippen LogP contribution in [0.25, 0.3) is 0 Å². The lowest BCUT2D eigenvalue weighted by Gasteiger charge is -2.21. The van der Waals surface area contributed by atoms with E-state index in [-0.39, 0.29) is 11.7 Å². The lowest BCUT2D eigenvalue weighted by Crippen LogP contribution is -2.30. The maximum absolute atomic E-state index is 12.4. The van der Waals surface area contributed by atoms with E-state index in [9.17, 15) is 9.90 Å². The average molecular weight is 276 g/mol. The highest BCUT2D eigenvalue weighted by molar-refractivity contribution is 6.30. The summed E-state index contributed by atoms with van der Waals surface area (Å²) in [6.45, 7) is 2.41. The van der Waals surface area contributed by atoms with Gasteiger partial charge in [-0.15, -0.1) is 0 Å². The molecule has 2 aromatic carbocycles. The van der Waals surface area contributed by atoms with E-state index >= 15 is 0 Å². The summed E-state index contributed by atoms with van der Waals surface area (Å²) < 4.78 is 0. The van der Waals surface area contributed by atoms with Gasteiger partial charge in [0.1, 0.15) is 5.75 Å².